The van der Waals surface area contributed by atoms with Gasteiger partial charge in [-0.05, 0) is 24.3 Å². The minimum absolute atomic E-state index is 0.133. The first kappa shape index (κ1) is 12.1. The molecule has 4 heteroatoms. The summed E-state index contributed by atoms with van der Waals surface area (Å²) < 4.78 is 0. The van der Waals surface area contributed by atoms with Crippen LogP contribution in [0.15, 0.2) is 48.7 Å². The van der Waals surface area contributed by atoms with Gasteiger partial charge >= 0.3 is 0 Å². The van der Waals surface area contributed by atoms with Gasteiger partial charge in [-0.25, -0.2) is 4.98 Å². The molecule has 2 rings (SSSR count). The summed E-state index contributed by atoms with van der Waals surface area (Å²) in [6.45, 7) is 0. The first-order valence-electron chi connectivity index (χ1n) is 5.66. The third kappa shape index (κ3) is 2.85. The lowest BCUT2D eigenvalue weighted by Gasteiger charge is -2.12. The van der Waals surface area contributed by atoms with Crippen LogP contribution in [0.3, 0.4) is 0 Å². The average molecular weight is 241 g/mol. The molecule has 1 amide bonds. The third-order valence-corrected chi connectivity index (χ3v) is 2.50. The number of aromatic nitrogens is 1. The van der Waals surface area contributed by atoms with E-state index < -0.39 is 0 Å². The normalized spacial score (nSPS) is 9.89. The summed E-state index contributed by atoms with van der Waals surface area (Å²) in [4.78, 5) is 18.1. The standard InChI is InChI=1S/C14H15N3O/c1-17(2)13-10-11(8-9-15-13)14(18)16-12-6-4-3-5-7-12/h3-10H,1-2H3,(H,16,18). The highest BCUT2D eigenvalue weighted by Crippen LogP contribution is 2.12. The van der Waals surface area contributed by atoms with Gasteiger partial charge in [-0.1, -0.05) is 18.2 Å². The van der Waals surface area contributed by atoms with Gasteiger partial charge < -0.3 is 10.2 Å². The van der Waals surface area contributed by atoms with Crippen LogP contribution in [0.2, 0.25) is 0 Å². The number of hydrogen-bond donors (Lipinski definition) is 1. The van der Waals surface area contributed by atoms with Crippen LogP contribution >= 0.6 is 0 Å². The van der Waals surface area contributed by atoms with Crippen molar-refractivity contribution in [1.29, 1.82) is 0 Å². The maximum Gasteiger partial charge on any atom is 0.255 e. The zero-order valence-corrected chi connectivity index (χ0v) is 10.4. The van der Waals surface area contributed by atoms with E-state index in [1.54, 1.807) is 18.3 Å². The molecule has 0 aliphatic rings. The first-order valence-corrected chi connectivity index (χ1v) is 5.66. The third-order valence-electron chi connectivity index (χ3n) is 2.50. The average Bonchev–Trinajstić information content (AvgIpc) is 2.40. The Morgan fingerprint density at radius 3 is 2.56 bits per heavy atom. The molecule has 0 radical (unpaired) electrons. The molecule has 92 valence electrons. The van der Waals surface area contributed by atoms with E-state index in [4.69, 9.17) is 0 Å². The minimum atomic E-state index is -0.133. The van der Waals surface area contributed by atoms with Crippen molar-refractivity contribution >= 4 is 17.4 Å². The molecule has 1 heterocycles. The summed E-state index contributed by atoms with van der Waals surface area (Å²) >= 11 is 0. The number of nitrogens with one attached hydrogen (secondary N) is 1. The van der Waals surface area contributed by atoms with E-state index in [0.29, 0.717) is 5.56 Å². The molecule has 18 heavy (non-hydrogen) atoms. The number of nitrogens with zero attached hydrogens (tertiary/aromatic N) is 2. The van der Waals surface area contributed by atoms with Crippen molar-refractivity contribution in [1.82, 2.24) is 4.98 Å². The van der Waals surface area contributed by atoms with E-state index >= 15 is 0 Å². The highest BCUT2D eigenvalue weighted by Gasteiger charge is 2.07. The van der Waals surface area contributed by atoms with Crippen molar-refractivity contribution in [2.24, 2.45) is 0 Å². The Balaban J connectivity index is 2.16. The fourth-order valence-corrected chi connectivity index (χ4v) is 1.53. The number of rotatable bonds is 3. The molecule has 0 saturated heterocycles. The van der Waals surface area contributed by atoms with Crippen LogP contribution in [0.1, 0.15) is 10.4 Å². The molecule has 1 N–H and O–H groups in total. The molecule has 0 aliphatic heterocycles. The highest BCUT2D eigenvalue weighted by molar-refractivity contribution is 6.04. The topological polar surface area (TPSA) is 45.2 Å². The Labute approximate surface area is 106 Å². The number of hydrogen-bond acceptors (Lipinski definition) is 3. The predicted molar refractivity (Wildman–Crippen MR) is 73.0 cm³/mol. The van der Waals surface area contributed by atoms with E-state index in [1.807, 2.05) is 49.3 Å². The molecular weight excluding hydrogens is 226 g/mol. The maximum atomic E-state index is 12.0. The second-order valence-electron chi connectivity index (χ2n) is 4.12. The van der Waals surface area contributed by atoms with Gasteiger partial charge in [0.25, 0.3) is 5.91 Å². The molecule has 2 aromatic rings. The molecule has 0 unspecified atom stereocenters. The molecule has 0 bridgehead atoms. The summed E-state index contributed by atoms with van der Waals surface area (Å²) in [5.41, 5.74) is 1.38. The number of benzene rings is 1. The van der Waals surface area contributed by atoms with E-state index in [-0.39, 0.29) is 5.91 Å². The minimum Gasteiger partial charge on any atom is -0.363 e. The summed E-state index contributed by atoms with van der Waals surface area (Å²) in [5.74, 6) is 0.627. The van der Waals surface area contributed by atoms with Crippen LogP contribution in [0.25, 0.3) is 0 Å². The highest BCUT2D eigenvalue weighted by atomic mass is 16.1. The van der Waals surface area contributed by atoms with Crippen LogP contribution in [0.4, 0.5) is 11.5 Å². The molecular formula is C14H15N3O. The summed E-state index contributed by atoms with van der Waals surface area (Å²) in [5, 5.41) is 2.84. The Kier molecular flexibility index (Phi) is 3.57. The Hall–Kier alpha value is -2.36. The SMILES string of the molecule is CN(C)c1cc(C(=O)Nc2ccccc2)ccn1. The van der Waals surface area contributed by atoms with Gasteiger partial charge in [0, 0.05) is 31.5 Å². The number of para-hydroxylation sites is 1. The maximum absolute atomic E-state index is 12.0. The van der Waals surface area contributed by atoms with Crippen LogP contribution in [-0.4, -0.2) is 25.0 Å². The van der Waals surface area contributed by atoms with Gasteiger partial charge in [-0.2, -0.15) is 0 Å². The van der Waals surface area contributed by atoms with Crippen LogP contribution in [-0.2, 0) is 0 Å². The zero-order valence-electron chi connectivity index (χ0n) is 10.4. The van der Waals surface area contributed by atoms with Crippen molar-refractivity contribution in [3.63, 3.8) is 0 Å². The van der Waals surface area contributed by atoms with Crippen LogP contribution in [0, 0.1) is 0 Å². The monoisotopic (exact) mass is 241 g/mol. The van der Waals surface area contributed by atoms with Gasteiger partial charge in [0.15, 0.2) is 0 Å². The second-order valence-corrected chi connectivity index (χ2v) is 4.12. The summed E-state index contributed by atoms with van der Waals surface area (Å²) in [6, 6.07) is 12.8. The number of amides is 1. The summed E-state index contributed by atoms with van der Waals surface area (Å²) in [7, 11) is 3.78. The lowest BCUT2D eigenvalue weighted by atomic mass is 10.2. The smallest absolute Gasteiger partial charge is 0.255 e. The summed E-state index contributed by atoms with van der Waals surface area (Å²) in [6.07, 6.45) is 1.63. The second kappa shape index (κ2) is 5.31. The van der Waals surface area contributed by atoms with Crippen molar-refractivity contribution in [2.75, 3.05) is 24.3 Å². The molecule has 0 fully saturated rings. The largest absolute Gasteiger partial charge is 0.363 e. The molecule has 1 aromatic heterocycles. The molecule has 1 aromatic carbocycles. The van der Waals surface area contributed by atoms with Gasteiger partial charge in [0.1, 0.15) is 5.82 Å². The molecule has 0 saturated carbocycles. The van der Waals surface area contributed by atoms with Crippen molar-refractivity contribution in [3.05, 3.63) is 54.2 Å². The van der Waals surface area contributed by atoms with Gasteiger partial charge in [0.05, 0.1) is 0 Å². The zero-order chi connectivity index (χ0) is 13.0. The predicted octanol–water partition coefficient (Wildman–Crippen LogP) is 2.40. The number of carbonyl (C=O) groups excluding carboxylic acids is 1. The fraction of sp³-hybridized carbons (Fsp3) is 0.143. The Morgan fingerprint density at radius 1 is 1.17 bits per heavy atom. The van der Waals surface area contributed by atoms with Crippen molar-refractivity contribution < 1.29 is 4.79 Å². The Bertz CT molecular complexity index is 538. The molecule has 0 atom stereocenters. The van der Waals surface area contributed by atoms with Crippen LogP contribution < -0.4 is 10.2 Å². The lowest BCUT2D eigenvalue weighted by molar-refractivity contribution is 0.102. The van der Waals surface area contributed by atoms with E-state index in [9.17, 15) is 4.79 Å². The number of anilines is 2. The molecule has 4 nitrogen and oxygen atoms in total. The van der Waals surface area contributed by atoms with Gasteiger partial charge in [-0.15, -0.1) is 0 Å². The number of pyridine rings is 1. The van der Waals surface area contributed by atoms with E-state index in [0.717, 1.165) is 11.5 Å². The number of carbonyl (C=O) groups is 1. The quantitative estimate of drug-likeness (QED) is 0.897. The van der Waals surface area contributed by atoms with Crippen molar-refractivity contribution in [2.45, 2.75) is 0 Å². The lowest BCUT2D eigenvalue weighted by Crippen LogP contribution is -2.15. The van der Waals surface area contributed by atoms with E-state index in [2.05, 4.69) is 10.3 Å². The van der Waals surface area contributed by atoms with Crippen LogP contribution in [0.5, 0.6) is 0 Å². The first-order chi connectivity index (χ1) is 8.66. The fourth-order valence-electron chi connectivity index (χ4n) is 1.53. The van der Waals surface area contributed by atoms with Gasteiger partial charge in [0.2, 0.25) is 0 Å². The molecule has 0 spiro atoms. The van der Waals surface area contributed by atoms with E-state index in [1.165, 1.54) is 0 Å². The van der Waals surface area contributed by atoms with Crippen molar-refractivity contribution in [3.8, 4) is 0 Å². The Morgan fingerprint density at radius 2 is 1.89 bits per heavy atom. The molecule has 0 aliphatic carbocycles. The van der Waals surface area contributed by atoms with Gasteiger partial charge in [-0.3, -0.25) is 4.79 Å².